The maximum Gasteiger partial charge on any atom is 0.346 e. The first-order valence-electron chi connectivity index (χ1n) is 11.0. The van der Waals surface area contributed by atoms with Gasteiger partial charge in [-0.2, -0.15) is 0 Å². The van der Waals surface area contributed by atoms with Gasteiger partial charge < -0.3 is 24.3 Å². The highest BCUT2D eigenvalue weighted by Crippen LogP contribution is 2.36. The summed E-state index contributed by atoms with van der Waals surface area (Å²) in [4.78, 5) is 37.5. The van der Waals surface area contributed by atoms with Gasteiger partial charge in [0.1, 0.15) is 11.3 Å². The molecule has 0 heterocycles. The van der Waals surface area contributed by atoms with E-state index in [1.54, 1.807) is 49.4 Å². The predicted molar refractivity (Wildman–Crippen MR) is 132 cm³/mol. The van der Waals surface area contributed by atoms with Crippen LogP contribution in [-0.4, -0.2) is 37.6 Å². The fourth-order valence-corrected chi connectivity index (χ4v) is 3.48. The molecule has 1 amide bonds. The molecule has 0 fully saturated rings. The smallest absolute Gasteiger partial charge is 0.346 e. The van der Waals surface area contributed by atoms with Gasteiger partial charge in [0.2, 0.25) is 6.10 Å². The number of nitro groups is 1. The molecule has 0 bridgehead atoms. The van der Waals surface area contributed by atoms with Gasteiger partial charge in [0.15, 0.2) is 11.5 Å². The number of hydrogen-bond donors (Lipinski definition) is 1. The Balaban J connectivity index is 2.00. The van der Waals surface area contributed by atoms with Gasteiger partial charge in [-0.25, -0.2) is 4.79 Å². The van der Waals surface area contributed by atoms with Crippen molar-refractivity contribution < 1.29 is 33.5 Å². The van der Waals surface area contributed by atoms with Gasteiger partial charge in [-0.05, 0) is 31.5 Å². The molecule has 3 aromatic carbocycles. The second-order valence-electron chi connectivity index (χ2n) is 7.60. The minimum atomic E-state index is -1.42. The van der Waals surface area contributed by atoms with Gasteiger partial charge >= 0.3 is 5.97 Å². The number of ether oxygens (including phenoxy) is 4. The van der Waals surface area contributed by atoms with E-state index in [0.29, 0.717) is 17.0 Å². The molecule has 0 aliphatic heterocycles. The number of aryl methyl sites for hydroxylation is 1. The number of benzene rings is 3. The molecular weight excluding hydrogens is 468 g/mol. The highest BCUT2D eigenvalue weighted by molar-refractivity contribution is 6.00. The molecule has 36 heavy (non-hydrogen) atoms. The zero-order chi connectivity index (χ0) is 26.2. The van der Waals surface area contributed by atoms with Crippen LogP contribution in [0.2, 0.25) is 0 Å². The average Bonchev–Trinajstić information content (AvgIpc) is 2.87. The maximum atomic E-state index is 13.3. The minimum absolute atomic E-state index is 0.104. The Bertz CT molecular complexity index is 1260. The Hall–Kier alpha value is -4.60. The van der Waals surface area contributed by atoms with Crippen LogP contribution in [0.3, 0.4) is 0 Å². The van der Waals surface area contributed by atoms with Crippen LogP contribution in [0.25, 0.3) is 0 Å². The van der Waals surface area contributed by atoms with Crippen molar-refractivity contribution in [1.29, 1.82) is 0 Å². The van der Waals surface area contributed by atoms with Gasteiger partial charge in [0, 0.05) is 11.6 Å². The van der Waals surface area contributed by atoms with E-state index in [9.17, 15) is 19.7 Å². The molecule has 188 valence electrons. The summed E-state index contributed by atoms with van der Waals surface area (Å²) in [6, 6.07) is 15.8. The molecule has 1 N–H and O–H groups in total. The lowest BCUT2D eigenvalue weighted by Gasteiger charge is -2.19. The third-order valence-electron chi connectivity index (χ3n) is 5.18. The van der Waals surface area contributed by atoms with Crippen molar-refractivity contribution >= 4 is 23.3 Å². The highest BCUT2D eigenvalue weighted by Gasteiger charge is 2.31. The van der Waals surface area contributed by atoms with E-state index in [1.807, 2.05) is 13.0 Å². The van der Waals surface area contributed by atoms with Gasteiger partial charge in [0.05, 0.1) is 37.5 Å². The third kappa shape index (κ3) is 5.90. The molecular formula is C26H26N2O8. The van der Waals surface area contributed by atoms with Gasteiger partial charge in [-0.3, -0.25) is 14.9 Å². The SMILES string of the molecule is CCOc1cc([N+](=O)[O-])c(C(=O)OC(C(=O)Nc2cc(C)ccc2OC)c2ccccc2)cc1OC. The van der Waals surface area contributed by atoms with Crippen LogP contribution in [0.4, 0.5) is 11.4 Å². The van der Waals surface area contributed by atoms with E-state index < -0.39 is 28.6 Å². The van der Waals surface area contributed by atoms with Gasteiger partial charge in [-0.15, -0.1) is 0 Å². The van der Waals surface area contributed by atoms with E-state index in [4.69, 9.17) is 18.9 Å². The second kappa shape index (κ2) is 11.7. The normalized spacial score (nSPS) is 11.2. The molecule has 0 saturated carbocycles. The summed E-state index contributed by atoms with van der Waals surface area (Å²) in [5.41, 5.74) is 0.694. The number of carbonyl (C=O) groups excluding carboxylic acids is 2. The minimum Gasteiger partial charge on any atom is -0.495 e. The Labute approximate surface area is 207 Å². The number of rotatable bonds is 10. The molecule has 0 aliphatic rings. The van der Waals surface area contributed by atoms with Crippen LogP contribution in [0, 0.1) is 17.0 Å². The summed E-state index contributed by atoms with van der Waals surface area (Å²) < 4.78 is 21.5. The quantitative estimate of drug-likeness (QED) is 0.241. The molecule has 10 nitrogen and oxygen atoms in total. The number of nitrogens with zero attached hydrogens (tertiary/aromatic N) is 1. The maximum absolute atomic E-state index is 13.3. The zero-order valence-corrected chi connectivity index (χ0v) is 20.3. The number of carbonyl (C=O) groups is 2. The van der Waals surface area contributed by atoms with Gasteiger partial charge in [-0.1, -0.05) is 36.4 Å². The van der Waals surface area contributed by atoms with Crippen molar-refractivity contribution in [2.75, 3.05) is 26.1 Å². The van der Waals surface area contributed by atoms with E-state index in [-0.39, 0.29) is 23.7 Å². The van der Waals surface area contributed by atoms with E-state index >= 15 is 0 Å². The van der Waals surface area contributed by atoms with E-state index in [0.717, 1.165) is 17.7 Å². The Morgan fingerprint density at radius 3 is 2.28 bits per heavy atom. The van der Waals surface area contributed by atoms with E-state index in [2.05, 4.69) is 5.32 Å². The molecule has 3 aromatic rings. The number of amides is 1. The number of esters is 1. The van der Waals surface area contributed by atoms with Crippen molar-refractivity contribution in [3.63, 3.8) is 0 Å². The molecule has 1 unspecified atom stereocenters. The van der Waals surface area contributed by atoms with E-state index in [1.165, 1.54) is 14.2 Å². The largest absolute Gasteiger partial charge is 0.495 e. The van der Waals surface area contributed by atoms with Crippen LogP contribution >= 0.6 is 0 Å². The first kappa shape index (κ1) is 26.0. The van der Waals surface area contributed by atoms with Crippen LogP contribution in [0.5, 0.6) is 17.2 Å². The van der Waals surface area contributed by atoms with Crippen molar-refractivity contribution in [1.82, 2.24) is 0 Å². The summed E-state index contributed by atoms with van der Waals surface area (Å²) in [6.45, 7) is 3.79. The van der Waals surface area contributed by atoms with Crippen LogP contribution in [0.15, 0.2) is 60.7 Å². The molecule has 0 radical (unpaired) electrons. The summed E-state index contributed by atoms with van der Waals surface area (Å²) in [5.74, 6) is -1.12. The molecule has 0 saturated heterocycles. The predicted octanol–water partition coefficient (Wildman–Crippen LogP) is 4.86. The lowest BCUT2D eigenvalue weighted by Crippen LogP contribution is -2.26. The van der Waals surface area contributed by atoms with Gasteiger partial charge in [0.25, 0.3) is 11.6 Å². The molecule has 0 aromatic heterocycles. The summed E-state index contributed by atoms with van der Waals surface area (Å²) in [6.07, 6.45) is -1.42. The molecule has 10 heteroatoms. The molecule has 1 atom stereocenters. The Morgan fingerprint density at radius 1 is 0.972 bits per heavy atom. The summed E-state index contributed by atoms with van der Waals surface area (Å²) in [7, 11) is 2.81. The number of methoxy groups -OCH3 is 2. The van der Waals surface area contributed by atoms with Crippen molar-refractivity contribution in [2.45, 2.75) is 20.0 Å². The van der Waals surface area contributed by atoms with Crippen LogP contribution < -0.4 is 19.5 Å². The number of nitrogens with one attached hydrogen (secondary N) is 1. The fraction of sp³-hybridized carbons (Fsp3) is 0.231. The summed E-state index contributed by atoms with van der Waals surface area (Å²) >= 11 is 0. The number of anilines is 1. The molecule has 0 aliphatic carbocycles. The lowest BCUT2D eigenvalue weighted by atomic mass is 10.1. The first-order valence-corrected chi connectivity index (χ1v) is 11.0. The lowest BCUT2D eigenvalue weighted by molar-refractivity contribution is -0.385. The topological polar surface area (TPSA) is 126 Å². The van der Waals surface area contributed by atoms with Crippen molar-refractivity contribution in [2.24, 2.45) is 0 Å². The monoisotopic (exact) mass is 494 g/mol. The van der Waals surface area contributed by atoms with Crippen LogP contribution in [0.1, 0.15) is 34.5 Å². The zero-order valence-electron chi connectivity index (χ0n) is 20.3. The standard InChI is InChI=1S/C26H26N2O8/c1-5-35-23-15-20(28(31)32)18(14-22(23)34-4)26(30)36-24(17-9-7-6-8-10-17)25(29)27-19-13-16(2)11-12-21(19)33-3/h6-15,24H,5H2,1-4H3,(H,27,29). The van der Waals surface area contributed by atoms with Crippen molar-refractivity contribution in [3.05, 3.63) is 87.5 Å². The molecule has 0 spiro atoms. The van der Waals surface area contributed by atoms with Crippen LogP contribution in [-0.2, 0) is 9.53 Å². The molecule has 3 rings (SSSR count). The highest BCUT2D eigenvalue weighted by atomic mass is 16.6. The first-order chi connectivity index (χ1) is 17.3. The average molecular weight is 495 g/mol. The second-order valence-corrected chi connectivity index (χ2v) is 7.60. The Kier molecular flexibility index (Phi) is 8.45. The number of nitro benzene ring substituents is 1. The number of hydrogen-bond acceptors (Lipinski definition) is 8. The fourth-order valence-electron chi connectivity index (χ4n) is 3.48. The Morgan fingerprint density at radius 2 is 1.67 bits per heavy atom. The summed E-state index contributed by atoms with van der Waals surface area (Å²) in [5, 5.41) is 14.4. The third-order valence-corrected chi connectivity index (χ3v) is 5.18. The van der Waals surface area contributed by atoms with Crippen molar-refractivity contribution in [3.8, 4) is 17.2 Å².